The molecule has 0 bridgehead atoms. The minimum absolute atomic E-state index is 0.0216. The van der Waals surface area contributed by atoms with E-state index in [4.69, 9.17) is 5.11 Å². The predicted octanol–water partition coefficient (Wildman–Crippen LogP) is 2.33. The lowest BCUT2D eigenvalue weighted by Gasteiger charge is -2.06. The van der Waals surface area contributed by atoms with Crippen LogP contribution in [0.25, 0.3) is 10.8 Å². The zero-order valence-electron chi connectivity index (χ0n) is 14.4. The summed E-state index contributed by atoms with van der Waals surface area (Å²) in [5.74, 6) is -3.23. The highest BCUT2D eigenvalue weighted by Crippen LogP contribution is 2.25. The molecule has 0 aliphatic heterocycles. The van der Waals surface area contributed by atoms with Crippen molar-refractivity contribution in [1.82, 2.24) is 5.43 Å². The third-order valence-electron chi connectivity index (χ3n) is 3.88. The van der Waals surface area contributed by atoms with Gasteiger partial charge in [0.2, 0.25) is 0 Å². The van der Waals surface area contributed by atoms with Crippen molar-refractivity contribution < 1.29 is 24.6 Å². The number of hydrazone groups is 1. The maximum atomic E-state index is 11.9. The second-order valence-electron chi connectivity index (χ2n) is 5.76. The first kappa shape index (κ1) is 18.6. The van der Waals surface area contributed by atoms with Gasteiger partial charge in [0.25, 0.3) is 0 Å². The number of nitrogens with one attached hydrogen (secondary N) is 2. The van der Waals surface area contributed by atoms with Crippen LogP contribution >= 0.6 is 0 Å². The first-order valence-corrected chi connectivity index (χ1v) is 8.14. The van der Waals surface area contributed by atoms with Crippen LogP contribution in [-0.2, 0) is 9.59 Å². The van der Waals surface area contributed by atoms with Crippen molar-refractivity contribution in [2.24, 2.45) is 5.10 Å². The lowest BCUT2D eigenvalue weighted by molar-refractivity contribution is -0.136. The third-order valence-corrected chi connectivity index (χ3v) is 3.88. The average Bonchev–Trinajstić information content (AvgIpc) is 2.69. The Hall–Kier alpha value is -4.20. The molecule has 0 heterocycles. The summed E-state index contributed by atoms with van der Waals surface area (Å²) in [5.41, 5.74) is 2.61. The number of fused-ring (bicyclic) bond motifs is 1. The SMILES string of the molecule is O=C(NN=Cc1c(O)ccc2ccccc12)C(=O)Nc1cccc(C(=O)O)c1. The highest BCUT2D eigenvalue weighted by Gasteiger charge is 2.14. The van der Waals surface area contributed by atoms with E-state index in [1.54, 1.807) is 18.2 Å². The number of anilines is 1. The summed E-state index contributed by atoms with van der Waals surface area (Å²) in [6, 6.07) is 16.1. The number of amides is 2. The van der Waals surface area contributed by atoms with Crippen LogP contribution in [0.3, 0.4) is 0 Å². The quantitative estimate of drug-likeness (QED) is 0.315. The normalized spacial score (nSPS) is 10.7. The van der Waals surface area contributed by atoms with Crippen LogP contribution in [0.1, 0.15) is 15.9 Å². The molecule has 3 aromatic rings. The fourth-order valence-electron chi connectivity index (χ4n) is 2.54. The molecule has 0 radical (unpaired) electrons. The second kappa shape index (κ2) is 8.00. The number of phenols is 1. The van der Waals surface area contributed by atoms with E-state index < -0.39 is 17.8 Å². The van der Waals surface area contributed by atoms with Crippen LogP contribution in [0.15, 0.2) is 65.8 Å². The van der Waals surface area contributed by atoms with Crippen molar-refractivity contribution in [2.75, 3.05) is 5.32 Å². The highest BCUT2D eigenvalue weighted by molar-refractivity contribution is 6.39. The molecule has 0 aliphatic carbocycles. The molecule has 0 aromatic heterocycles. The molecule has 0 saturated heterocycles. The summed E-state index contributed by atoms with van der Waals surface area (Å²) < 4.78 is 0. The molecule has 0 aliphatic rings. The van der Waals surface area contributed by atoms with E-state index in [0.29, 0.717) is 5.56 Å². The molecular weight excluding hydrogens is 362 g/mol. The fraction of sp³-hybridized carbons (Fsp3) is 0. The van der Waals surface area contributed by atoms with Gasteiger partial charge < -0.3 is 15.5 Å². The number of nitrogens with zero attached hydrogens (tertiary/aromatic N) is 1. The van der Waals surface area contributed by atoms with E-state index in [1.165, 1.54) is 36.5 Å². The first-order chi connectivity index (χ1) is 13.5. The topological polar surface area (TPSA) is 128 Å². The Balaban J connectivity index is 1.69. The molecular formula is C20H15N3O5. The molecule has 2 amide bonds. The number of carbonyl (C=O) groups excluding carboxylic acids is 2. The minimum Gasteiger partial charge on any atom is -0.507 e. The van der Waals surface area contributed by atoms with Gasteiger partial charge in [0.05, 0.1) is 11.8 Å². The second-order valence-corrected chi connectivity index (χ2v) is 5.76. The van der Waals surface area contributed by atoms with E-state index in [9.17, 15) is 19.5 Å². The average molecular weight is 377 g/mol. The van der Waals surface area contributed by atoms with Gasteiger partial charge in [-0.3, -0.25) is 9.59 Å². The van der Waals surface area contributed by atoms with Crippen molar-refractivity contribution in [2.45, 2.75) is 0 Å². The summed E-state index contributed by atoms with van der Waals surface area (Å²) >= 11 is 0. The molecule has 0 fully saturated rings. The van der Waals surface area contributed by atoms with Gasteiger partial charge in [-0.05, 0) is 35.0 Å². The number of benzene rings is 3. The van der Waals surface area contributed by atoms with Crippen LogP contribution < -0.4 is 10.7 Å². The summed E-state index contributed by atoms with van der Waals surface area (Å²) in [4.78, 5) is 34.7. The van der Waals surface area contributed by atoms with E-state index in [1.807, 2.05) is 12.1 Å². The molecule has 3 rings (SSSR count). The maximum Gasteiger partial charge on any atom is 0.335 e. The van der Waals surface area contributed by atoms with Gasteiger partial charge in [-0.1, -0.05) is 36.4 Å². The molecule has 0 unspecified atom stereocenters. The summed E-state index contributed by atoms with van der Waals surface area (Å²) in [6.07, 6.45) is 1.24. The number of phenolic OH excluding ortho intramolecular Hbond substituents is 1. The van der Waals surface area contributed by atoms with Crippen molar-refractivity contribution in [3.63, 3.8) is 0 Å². The van der Waals surface area contributed by atoms with Gasteiger partial charge in [0.1, 0.15) is 5.75 Å². The van der Waals surface area contributed by atoms with Crippen molar-refractivity contribution in [1.29, 1.82) is 0 Å². The first-order valence-electron chi connectivity index (χ1n) is 8.14. The Morgan fingerprint density at radius 2 is 1.71 bits per heavy atom. The maximum absolute atomic E-state index is 11.9. The summed E-state index contributed by atoms with van der Waals surface area (Å²) in [5, 5.41) is 26.6. The molecule has 0 atom stereocenters. The predicted molar refractivity (Wildman–Crippen MR) is 103 cm³/mol. The minimum atomic E-state index is -1.15. The largest absolute Gasteiger partial charge is 0.507 e. The van der Waals surface area contributed by atoms with Gasteiger partial charge in [-0.25, -0.2) is 10.2 Å². The molecule has 8 heteroatoms. The van der Waals surface area contributed by atoms with Crippen LogP contribution in [0.2, 0.25) is 0 Å². The Morgan fingerprint density at radius 1 is 0.929 bits per heavy atom. The lowest BCUT2D eigenvalue weighted by atomic mass is 10.0. The van der Waals surface area contributed by atoms with Crippen LogP contribution in [0, 0.1) is 0 Å². The zero-order valence-corrected chi connectivity index (χ0v) is 14.4. The van der Waals surface area contributed by atoms with Crippen LogP contribution in [0.5, 0.6) is 5.75 Å². The van der Waals surface area contributed by atoms with Crippen LogP contribution in [0.4, 0.5) is 5.69 Å². The van der Waals surface area contributed by atoms with Gasteiger partial charge in [0.15, 0.2) is 0 Å². The lowest BCUT2D eigenvalue weighted by Crippen LogP contribution is -2.32. The van der Waals surface area contributed by atoms with Gasteiger partial charge >= 0.3 is 17.8 Å². The van der Waals surface area contributed by atoms with E-state index >= 15 is 0 Å². The van der Waals surface area contributed by atoms with E-state index in [0.717, 1.165) is 10.8 Å². The van der Waals surface area contributed by atoms with E-state index in [2.05, 4.69) is 15.8 Å². The summed E-state index contributed by atoms with van der Waals surface area (Å²) in [6.45, 7) is 0. The zero-order chi connectivity index (χ0) is 20.1. The monoisotopic (exact) mass is 377 g/mol. The number of carboxylic acids is 1. The number of carbonyl (C=O) groups is 3. The van der Waals surface area contributed by atoms with Crippen molar-refractivity contribution in [3.05, 3.63) is 71.8 Å². The third kappa shape index (κ3) is 4.13. The fourth-order valence-corrected chi connectivity index (χ4v) is 2.54. The number of carboxylic acid groups (broad SMARTS) is 1. The Morgan fingerprint density at radius 3 is 2.50 bits per heavy atom. The van der Waals surface area contributed by atoms with Crippen LogP contribution in [-0.4, -0.2) is 34.2 Å². The number of aromatic hydroxyl groups is 1. The highest BCUT2D eigenvalue weighted by atomic mass is 16.4. The Labute approximate surface area is 159 Å². The summed E-state index contributed by atoms with van der Waals surface area (Å²) in [7, 11) is 0. The number of rotatable bonds is 4. The molecule has 0 spiro atoms. The van der Waals surface area contributed by atoms with Gasteiger partial charge in [-0.15, -0.1) is 0 Å². The molecule has 8 nitrogen and oxygen atoms in total. The number of hydrogen-bond acceptors (Lipinski definition) is 5. The van der Waals surface area contributed by atoms with E-state index in [-0.39, 0.29) is 17.0 Å². The Kier molecular flexibility index (Phi) is 5.31. The number of hydrogen-bond donors (Lipinski definition) is 4. The standard InChI is InChI=1S/C20H15N3O5/c24-17-9-8-12-4-1-2-7-15(12)16(17)11-21-23-19(26)18(25)22-14-6-3-5-13(10-14)20(27)28/h1-11,24H,(H,22,25)(H,23,26)(H,27,28). The molecule has 140 valence electrons. The molecule has 4 N–H and O–H groups in total. The molecule has 0 saturated carbocycles. The smallest absolute Gasteiger partial charge is 0.335 e. The van der Waals surface area contributed by atoms with Gasteiger partial charge in [-0.2, -0.15) is 5.10 Å². The van der Waals surface area contributed by atoms with Gasteiger partial charge in [0, 0.05) is 11.3 Å². The Bertz CT molecular complexity index is 1110. The molecule has 28 heavy (non-hydrogen) atoms. The van der Waals surface area contributed by atoms with Crippen molar-refractivity contribution >= 4 is 40.5 Å². The number of aromatic carboxylic acids is 1. The molecule has 3 aromatic carbocycles. The van der Waals surface area contributed by atoms with Crippen molar-refractivity contribution in [3.8, 4) is 5.75 Å².